The van der Waals surface area contributed by atoms with Gasteiger partial charge in [-0.1, -0.05) is 12.1 Å². The molecule has 3 aromatic rings. The Kier molecular flexibility index (Phi) is 6.62. The van der Waals surface area contributed by atoms with Crippen molar-refractivity contribution in [1.29, 1.82) is 0 Å². The van der Waals surface area contributed by atoms with Gasteiger partial charge in [-0.3, -0.25) is 4.79 Å². The summed E-state index contributed by atoms with van der Waals surface area (Å²) in [7, 11) is 0. The van der Waals surface area contributed by atoms with E-state index in [0.29, 0.717) is 22.8 Å². The van der Waals surface area contributed by atoms with Crippen LogP contribution in [0.5, 0.6) is 11.6 Å². The summed E-state index contributed by atoms with van der Waals surface area (Å²) in [5.41, 5.74) is 1.61. The number of hydrogen-bond donors (Lipinski definition) is 3. The van der Waals surface area contributed by atoms with Gasteiger partial charge in [-0.05, 0) is 56.5 Å². The Labute approximate surface area is 197 Å². The van der Waals surface area contributed by atoms with E-state index in [1.165, 1.54) is 0 Å². The summed E-state index contributed by atoms with van der Waals surface area (Å²) >= 11 is 0. The number of carbonyl (C=O) groups is 1. The molecule has 2 aliphatic rings. The molecule has 1 saturated heterocycles. The summed E-state index contributed by atoms with van der Waals surface area (Å²) in [6, 6.07) is 10.5. The first-order valence-electron chi connectivity index (χ1n) is 11.7. The lowest BCUT2D eigenvalue weighted by molar-refractivity contribution is -0.122. The zero-order valence-electron chi connectivity index (χ0n) is 18.8. The lowest BCUT2D eigenvalue weighted by atomic mass is 10.1. The number of nitrogens with one attached hydrogen (secondary N) is 3. The van der Waals surface area contributed by atoms with Crippen LogP contribution in [0.4, 0.5) is 10.3 Å². The summed E-state index contributed by atoms with van der Waals surface area (Å²) in [5.74, 6) is 0.323. The molecule has 0 bridgehead atoms. The highest BCUT2D eigenvalue weighted by Gasteiger charge is 2.29. The van der Waals surface area contributed by atoms with Crippen LogP contribution in [-0.2, 0) is 11.3 Å². The van der Waals surface area contributed by atoms with Crippen LogP contribution < -0.4 is 20.7 Å². The van der Waals surface area contributed by atoms with Crippen molar-refractivity contribution in [2.24, 2.45) is 5.92 Å². The normalized spacial score (nSPS) is 17.7. The molecule has 0 radical (unpaired) electrons. The van der Waals surface area contributed by atoms with Crippen LogP contribution in [0.15, 0.2) is 48.8 Å². The third-order valence-electron chi connectivity index (χ3n) is 5.98. The first kappa shape index (κ1) is 22.2. The molecular weight excluding hydrogens is 435 g/mol. The molecule has 3 N–H and O–H groups in total. The van der Waals surface area contributed by atoms with Crippen LogP contribution in [0.3, 0.4) is 0 Å². The topological polar surface area (TPSA) is 101 Å². The van der Waals surface area contributed by atoms with Crippen molar-refractivity contribution in [2.75, 3.05) is 18.4 Å². The average molecular weight is 463 g/mol. The van der Waals surface area contributed by atoms with E-state index >= 15 is 4.39 Å². The van der Waals surface area contributed by atoms with Crippen LogP contribution in [0.25, 0.3) is 11.3 Å². The number of carbonyl (C=O) groups excluding carboxylic acids is 1. The van der Waals surface area contributed by atoms with Gasteiger partial charge in [0.25, 0.3) is 0 Å². The monoisotopic (exact) mass is 462 g/mol. The van der Waals surface area contributed by atoms with Gasteiger partial charge in [0.1, 0.15) is 0 Å². The number of hydrogen-bond acceptors (Lipinski definition) is 7. The summed E-state index contributed by atoms with van der Waals surface area (Å²) in [5, 5.41) is 9.53. The second-order valence-electron chi connectivity index (χ2n) is 8.63. The number of ether oxygens (including phenoxy) is 1. The molecule has 1 amide bonds. The number of piperidine rings is 1. The SMILES string of the molecule is O=C(NCc1cccc(Oc2ncccc2-c2ccnc(NC3CCCNC3)n2)c1F)C1CC1. The molecule has 9 heteroatoms. The predicted molar refractivity (Wildman–Crippen MR) is 126 cm³/mol. The number of rotatable bonds is 8. The third-order valence-corrected chi connectivity index (χ3v) is 5.98. The molecule has 0 spiro atoms. The molecule has 2 fully saturated rings. The number of pyridine rings is 1. The highest BCUT2D eigenvalue weighted by Crippen LogP contribution is 2.33. The number of halogens is 1. The molecule has 2 aromatic heterocycles. The van der Waals surface area contributed by atoms with Crippen molar-refractivity contribution in [3.05, 3.63) is 60.2 Å². The molecule has 1 unspecified atom stereocenters. The highest BCUT2D eigenvalue weighted by molar-refractivity contribution is 5.80. The van der Waals surface area contributed by atoms with E-state index in [-0.39, 0.29) is 36.0 Å². The van der Waals surface area contributed by atoms with E-state index in [9.17, 15) is 4.79 Å². The number of amides is 1. The van der Waals surface area contributed by atoms with E-state index in [0.717, 1.165) is 38.8 Å². The van der Waals surface area contributed by atoms with Crippen molar-refractivity contribution in [2.45, 2.75) is 38.3 Å². The number of aromatic nitrogens is 3. The van der Waals surface area contributed by atoms with Gasteiger partial charge < -0.3 is 20.7 Å². The molecule has 34 heavy (non-hydrogen) atoms. The van der Waals surface area contributed by atoms with Gasteiger partial charge in [-0.25, -0.2) is 19.3 Å². The quantitative estimate of drug-likeness (QED) is 0.470. The van der Waals surface area contributed by atoms with Crippen LogP contribution in [0.2, 0.25) is 0 Å². The van der Waals surface area contributed by atoms with E-state index in [1.807, 2.05) is 6.07 Å². The van der Waals surface area contributed by atoms with E-state index in [1.54, 1.807) is 42.7 Å². The molecule has 3 heterocycles. The third kappa shape index (κ3) is 5.31. The molecule has 1 aliphatic heterocycles. The smallest absolute Gasteiger partial charge is 0.228 e. The van der Waals surface area contributed by atoms with Crippen LogP contribution in [0, 0.1) is 11.7 Å². The molecule has 8 nitrogen and oxygen atoms in total. The zero-order valence-corrected chi connectivity index (χ0v) is 18.8. The number of benzene rings is 1. The van der Waals surface area contributed by atoms with Crippen molar-refractivity contribution in [3.8, 4) is 22.9 Å². The molecule has 1 aromatic carbocycles. The minimum Gasteiger partial charge on any atom is -0.435 e. The van der Waals surface area contributed by atoms with E-state index in [2.05, 4.69) is 30.9 Å². The van der Waals surface area contributed by atoms with Crippen LogP contribution in [0.1, 0.15) is 31.2 Å². The number of anilines is 1. The van der Waals surface area contributed by atoms with Gasteiger partial charge in [0.05, 0.1) is 11.3 Å². The minimum atomic E-state index is -0.523. The maximum Gasteiger partial charge on any atom is 0.228 e. The zero-order chi connectivity index (χ0) is 23.3. The standard InChI is InChI=1S/C25H27FN6O2/c26-22-17(14-30-23(33)16-8-9-16)4-1-7-21(22)34-24-19(6-3-12-28-24)20-10-13-29-25(32-20)31-18-5-2-11-27-15-18/h1,3-4,6-7,10,12-13,16,18,27H,2,5,8-9,11,14-15H2,(H,30,33)(H,29,31,32). The van der Waals surface area contributed by atoms with E-state index < -0.39 is 5.82 Å². The largest absolute Gasteiger partial charge is 0.435 e. The molecule has 1 saturated carbocycles. The van der Waals surface area contributed by atoms with Crippen molar-refractivity contribution in [1.82, 2.24) is 25.6 Å². The van der Waals surface area contributed by atoms with Crippen LogP contribution in [-0.4, -0.2) is 40.0 Å². The Morgan fingerprint density at radius 3 is 2.85 bits per heavy atom. The second kappa shape index (κ2) is 10.1. The minimum absolute atomic E-state index is 0.0325. The first-order valence-corrected chi connectivity index (χ1v) is 11.7. The van der Waals surface area contributed by atoms with Gasteiger partial charge in [-0.2, -0.15) is 0 Å². The Balaban J connectivity index is 1.34. The molecule has 176 valence electrons. The van der Waals surface area contributed by atoms with E-state index in [4.69, 9.17) is 4.74 Å². The van der Waals surface area contributed by atoms with Crippen molar-refractivity contribution >= 4 is 11.9 Å². The summed E-state index contributed by atoms with van der Waals surface area (Å²) in [4.78, 5) is 25.2. The fraction of sp³-hybridized carbons (Fsp3) is 0.360. The lowest BCUT2D eigenvalue weighted by Gasteiger charge is -2.23. The number of nitrogens with zero attached hydrogens (tertiary/aromatic N) is 3. The fourth-order valence-electron chi connectivity index (χ4n) is 3.95. The molecule has 1 aliphatic carbocycles. The van der Waals surface area contributed by atoms with Gasteiger partial charge >= 0.3 is 0 Å². The van der Waals surface area contributed by atoms with Gasteiger partial charge in [-0.15, -0.1) is 0 Å². The van der Waals surface area contributed by atoms with Gasteiger partial charge in [0.2, 0.25) is 17.7 Å². The van der Waals surface area contributed by atoms with Gasteiger partial charge in [0.15, 0.2) is 11.6 Å². The van der Waals surface area contributed by atoms with Gasteiger partial charge in [0, 0.05) is 43.0 Å². The fourth-order valence-corrected chi connectivity index (χ4v) is 3.95. The summed E-state index contributed by atoms with van der Waals surface area (Å²) in [6.45, 7) is 2.01. The Hall–Kier alpha value is -3.59. The molecule has 1 atom stereocenters. The first-order chi connectivity index (χ1) is 16.7. The predicted octanol–water partition coefficient (Wildman–Crippen LogP) is 3.66. The average Bonchev–Trinajstić information content (AvgIpc) is 3.71. The maximum absolute atomic E-state index is 15.1. The highest BCUT2D eigenvalue weighted by atomic mass is 19.1. The lowest BCUT2D eigenvalue weighted by Crippen LogP contribution is -2.38. The summed E-state index contributed by atoms with van der Waals surface area (Å²) < 4.78 is 21.0. The van der Waals surface area contributed by atoms with Crippen molar-refractivity contribution in [3.63, 3.8) is 0 Å². The van der Waals surface area contributed by atoms with Crippen molar-refractivity contribution < 1.29 is 13.9 Å². The molecule has 5 rings (SSSR count). The Morgan fingerprint density at radius 2 is 2.03 bits per heavy atom. The maximum atomic E-state index is 15.1. The summed E-state index contributed by atoms with van der Waals surface area (Å²) in [6.07, 6.45) is 7.23. The van der Waals surface area contributed by atoms with Crippen LogP contribution >= 0.6 is 0 Å². The Bertz CT molecular complexity index is 1160. The second-order valence-corrected chi connectivity index (χ2v) is 8.63. The Morgan fingerprint density at radius 1 is 1.12 bits per heavy atom. The molecular formula is C25H27FN6O2.